The van der Waals surface area contributed by atoms with E-state index in [9.17, 15) is 13.2 Å². The first-order valence-corrected chi connectivity index (χ1v) is 3.68. The van der Waals surface area contributed by atoms with Crippen molar-refractivity contribution in [3.8, 4) is 5.82 Å². The van der Waals surface area contributed by atoms with Crippen molar-refractivity contribution in [1.29, 1.82) is 0 Å². The number of hydrogen-bond donors (Lipinski definition) is 0. The van der Waals surface area contributed by atoms with Crippen LogP contribution in [-0.4, -0.2) is 14.5 Å². The Kier molecular flexibility index (Phi) is 1.95. The molecule has 0 radical (unpaired) electrons. The van der Waals surface area contributed by atoms with Crippen LogP contribution in [0.1, 0.15) is 0 Å². The summed E-state index contributed by atoms with van der Waals surface area (Å²) in [5, 5.41) is 0. The van der Waals surface area contributed by atoms with Gasteiger partial charge in [0.05, 0.1) is 0 Å². The summed E-state index contributed by atoms with van der Waals surface area (Å²) in [5.41, 5.74) is 0. The maximum absolute atomic E-state index is 13.1. The van der Waals surface area contributed by atoms with Crippen LogP contribution in [0.2, 0.25) is 0 Å². The molecule has 3 nitrogen and oxygen atoms in total. The average molecular weight is 199 g/mol. The van der Waals surface area contributed by atoms with Gasteiger partial charge in [-0.15, -0.1) is 0 Å². The molecule has 0 fully saturated rings. The quantitative estimate of drug-likeness (QED) is 0.654. The van der Waals surface area contributed by atoms with E-state index in [-0.39, 0.29) is 5.82 Å². The van der Waals surface area contributed by atoms with E-state index in [0.717, 1.165) is 4.57 Å². The molecule has 0 aliphatic rings. The molecule has 0 spiro atoms. The van der Waals surface area contributed by atoms with Crippen LogP contribution in [0.15, 0.2) is 24.8 Å². The zero-order chi connectivity index (χ0) is 10.1. The van der Waals surface area contributed by atoms with Gasteiger partial charge >= 0.3 is 0 Å². The molecule has 0 aliphatic carbocycles. The SMILES string of the molecule is Fc1cc(F)c(-n2ccnc2)nc1F. The molecule has 2 rings (SSSR count). The number of nitrogens with zero attached hydrogens (tertiary/aromatic N) is 3. The van der Waals surface area contributed by atoms with Crippen molar-refractivity contribution in [2.24, 2.45) is 0 Å². The number of rotatable bonds is 1. The standard InChI is InChI=1S/C8H4F3N3/c9-5-3-6(10)8(13-7(5)11)14-2-1-12-4-14/h1-4H. The minimum absolute atomic E-state index is 0.318. The van der Waals surface area contributed by atoms with E-state index >= 15 is 0 Å². The van der Waals surface area contributed by atoms with E-state index in [2.05, 4.69) is 9.97 Å². The topological polar surface area (TPSA) is 30.7 Å². The summed E-state index contributed by atoms with van der Waals surface area (Å²) in [7, 11) is 0. The predicted molar refractivity (Wildman–Crippen MR) is 41.2 cm³/mol. The lowest BCUT2D eigenvalue weighted by molar-refractivity contribution is 0.461. The molecule has 6 heteroatoms. The normalized spacial score (nSPS) is 10.5. The number of imidazole rings is 1. The Hall–Kier alpha value is -1.85. The molecule has 14 heavy (non-hydrogen) atoms. The third kappa shape index (κ3) is 1.34. The molecular formula is C8H4F3N3. The molecule has 0 unspecified atom stereocenters. The molecule has 0 N–H and O–H groups in total. The fourth-order valence-corrected chi connectivity index (χ4v) is 1.00. The lowest BCUT2D eigenvalue weighted by atomic mass is 10.4. The second-order valence-electron chi connectivity index (χ2n) is 2.54. The van der Waals surface area contributed by atoms with Crippen molar-refractivity contribution >= 4 is 0 Å². The highest BCUT2D eigenvalue weighted by Gasteiger charge is 2.12. The summed E-state index contributed by atoms with van der Waals surface area (Å²) in [6.07, 6.45) is 3.99. The Labute approximate surface area is 76.8 Å². The smallest absolute Gasteiger partial charge is 0.251 e. The van der Waals surface area contributed by atoms with Crippen molar-refractivity contribution in [3.63, 3.8) is 0 Å². The summed E-state index contributed by atoms with van der Waals surface area (Å²) in [5.74, 6) is -3.91. The van der Waals surface area contributed by atoms with Crippen LogP contribution in [0.3, 0.4) is 0 Å². The van der Waals surface area contributed by atoms with Crippen LogP contribution >= 0.6 is 0 Å². The van der Waals surface area contributed by atoms with Crippen molar-refractivity contribution in [2.45, 2.75) is 0 Å². The summed E-state index contributed by atoms with van der Waals surface area (Å²) in [4.78, 5) is 6.75. The van der Waals surface area contributed by atoms with Crippen molar-refractivity contribution in [3.05, 3.63) is 42.4 Å². The Balaban J connectivity index is 2.60. The molecule has 0 aliphatic heterocycles. The predicted octanol–water partition coefficient (Wildman–Crippen LogP) is 1.68. The molecule has 72 valence electrons. The first-order valence-electron chi connectivity index (χ1n) is 3.68. The highest BCUT2D eigenvalue weighted by atomic mass is 19.2. The van der Waals surface area contributed by atoms with E-state index in [1.165, 1.54) is 18.7 Å². The summed E-state index contributed by atoms with van der Waals surface area (Å²) >= 11 is 0. The van der Waals surface area contributed by atoms with Gasteiger partial charge < -0.3 is 0 Å². The van der Waals surface area contributed by atoms with Crippen molar-refractivity contribution in [1.82, 2.24) is 14.5 Å². The molecule has 0 bridgehead atoms. The molecule has 0 amide bonds. The molecule has 2 aromatic heterocycles. The fourth-order valence-electron chi connectivity index (χ4n) is 1.00. The Morgan fingerprint density at radius 2 is 1.93 bits per heavy atom. The second-order valence-corrected chi connectivity index (χ2v) is 2.54. The van der Waals surface area contributed by atoms with Gasteiger partial charge in [-0.3, -0.25) is 4.57 Å². The van der Waals surface area contributed by atoms with Gasteiger partial charge in [-0.2, -0.15) is 9.37 Å². The third-order valence-corrected chi connectivity index (χ3v) is 1.62. The minimum Gasteiger partial charge on any atom is -0.288 e. The first kappa shape index (κ1) is 8.74. The van der Waals surface area contributed by atoms with Crippen LogP contribution < -0.4 is 0 Å². The molecule has 0 atom stereocenters. The monoisotopic (exact) mass is 199 g/mol. The number of hydrogen-bond acceptors (Lipinski definition) is 2. The minimum atomic E-state index is -1.34. The van der Waals surface area contributed by atoms with E-state index in [0.29, 0.717) is 6.07 Å². The van der Waals surface area contributed by atoms with Gasteiger partial charge in [-0.05, 0) is 0 Å². The average Bonchev–Trinajstić information content (AvgIpc) is 2.64. The Bertz CT molecular complexity index is 453. The van der Waals surface area contributed by atoms with Gasteiger partial charge in [0.1, 0.15) is 6.33 Å². The van der Waals surface area contributed by atoms with E-state index < -0.39 is 17.6 Å². The lowest BCUT2D eigenvalue weighted by Gasteiger charge is -2.02. The zero-order valence-electron chi connectivity index (χ0n) is 6.78. The van der Waals surface area contributed by atoms with Crippen LogP contribution in [0, 0.1) is 17.6 Å². The van der Waals surface area contributed by atoms with Crippen LogP contribution in [0.25, 0.3) is 5.82 Å². The largest absolute Gasteiger partial charge is 0.288 e. The number of halogens is 3. The lowest BCUT2D eigenvalue weighted by Crippen LogP contribution is -2.03. The molecule has 2 aromatic rings. The van der Waals surface area contributed by atoms with Crippen LogP contribution in [0.4, 0.5) is 13.2 Å². The molecule has 2 heterocycles. The number of pyridine rings is 1. The van der Waals surface area contributed by atoms with E-state index in [4.69, 9.17) is 0 Å². The molecule has 0 aromatic carbocycles. The maximum atomic E-state index is 13.1. The molecular weight excluding hydrogens is 195 g/mol. The fraction of sp³-hybridized carbons (Fsp3) is 0. The number of aromatic nitrogens is 3. The summed E-state index contributed by atoms with van der Waals surface area (Å²) < 4.78 is 39.4. The van der Waals surface area contributed by atoms with E-state index in [1.807, 2.05) is 0 Å². The van der Waals surface area contributed by atoms with Gasteiger partial charge in [0.15, 0.2) is 17.5 Å². The van der Waals surface area contributed by atoms with Gasteiger partial charge in [-0.25, -0.2) is 13.8 Å². The zero-order valence-corrected chi connectivity index (χ0v) is 6.78. The van der Waals surface area contributed by atoms with Gasteiger partial charge in [-0.1, -0.05) is 0 Å². The highest BCUT2D eigenvalue weighted by Crippen LogP contribution is 2.13. The maximum Gasteiger partial charge on any atom is 0.251 e. The summed E-state index contributed by atoms with van der Waals surface area (Å²) in [6.45, 7) is 0. The summed E-state index contributed by atoms with van der Waals surface area (Å²) in [6, 6.07) is 0.442. The molecule has 0 saturated heterocycles. The van der Waals surface area contributed by atoms with Crippen molar-refractivity contribution < 1.29 is 13.2 Å². The van der Waals surface area contributed by atoms with Gasteiger partial charge in [0, 0.05) is 18.5 Å². The van der Waals surface area contributed by atoms with Gasteiger partial charge in [0.2, 0.25) is 0 Å². The van der Waals surface area contributed by atoms with E-state index in [1.54, 1.807) is 0 Å². The molecule has 0 saturated carbocycles. The first-order chi connectivity index (χ1) is 6.68. The second kappa shape index (κ2) is 3.13. The Morgan fingerprint density at radius 1 is 1.14 bits per heavy atom. The van der Waals surface area contributed by atoms with Crippen LogP contribution in [0.5, 0.6) is 0 Å². The van der Waals surface area contributed by atoms with Crippen LogP contribution in [-0.2, 0) is 0 Å². The Morgan fingerprint density at radius 3 is 2.57 bits per heavy atom. The van der Waals surface area contributed by atoms with Gasteiger partial charge in [0.25, 0.3) is 5.95 Å². The highest BCUT2D eigenvalue weighted by molar-refractivity contribution is 5.24. The van der Waals surface area contributed by atoms with Crippen molar-refractivity contribution in [2.75, 3.05) is 0 Å². The third-order valence-electron chi connectivity index (χ3n) is 1.62.